The van der Waals surface area contributed by atoms with E-state index in [0.29, 0.717) is 17.2 Å². The van der Waals surface area contributed by atoms with Crippen LogP contribution in [0, 0.1) is 0 Å². The van der Waals surface area contributed by atoms with Crippen LogP contribution in [-0.2, 0) is 9.59 Å². The van der Waals surface area contributed by atoms with E-state index in [4.69, 9.17) is 9.47 Å². The zero-order valence-corrected chi connectivity index (χ0v) is 11.2. The Labute approximate surface area is 111 Å². The third-order valence-electron chi connectivity index (χ3n) is 3.07. The number of anilines is 1. The van der Waals surface area contributed by atoms with Gasteiger partial charge in [-0.2, -0.15) is 0 Å². The summed E-state index contributed by atoms with van der Waals surface area (Å²) in [6.07, 6.45) is 0. The molecule has 1 aliphatic rings. The molecule has 0 atom stereocenters. The smallest absolute Gasteiger partial charge is 0.247 e. The average molecular weight is 264 g/mol. The molecule has 0 saturated carbocycles. The highest BCUT2D eigenvalue weighted by molar-refractivity contribution is 6.04. The highest BCUT2D eigenvalue weighted by Gasteiger charge is 2.28. The predicted octanol–water partition coefficient (Wildman–Crippen LogP) is 0.509. The molecule has 1 aromatic rings. The van der Waals surface area contributed by atoms with Gasteiger partial charge < -0.3 is 19.3 Å². The van der Waals surface area contributed by atoms with Crippen molar-refractivity contribution < 1.29 is 19.1 Å². The van der Waals surface area contributed by atoms with E-state index >= 15 is 0 Å². The molecule has 1 aliphatic heterocycles. The van der Waals surface area contributed by atoms with E-state index in [0.717, 1.165) is 0 Å². The van der Waals surface area contributed by atoms with Crippen LogP contribution in [-0.4, -0.2) is 51.1 Å². The molecule has 2 amide bonds. The van der Waals surface area contributed by atoms with Gasteiger partial charge in [0.2, 0.25) is 11.8 Å². The van der Waals surface area contributed by atoms with Crippen molar-refractivity contribution in [2.45, 2.75) is 0 Å². The molecular weight excluding hydrogens is 248 g/mol. The van der Waals surface area contributed by atoms with Crippen molar-refractivity contribution in [1.29, 1.82) is 0 Å². The summed E-state index contributed by atoms with van der Waals surface area (Å²) >= 11 is 0. The molecule has 19 heavy (non-hydrogen) atoms. The van der Waals surface area contributed by atoms with E-state index in [1.165, 1.54) is 16.9 Å². The lowest BCUT2D eigenvalue weighted by Gasteiger charge is -2.31. The van der Waals surface area contributed by atoms with Gasteiger partial charge in [0.15, 0.2) is 11.5 Å². The predicted molar refractivity (Wildman–Crippen MR) is 69.5 cm³/mol. The molecule has 1 fully saturated rings. The quantitative estimate of drug-likeness (QED) is 0.798. The molecule has 102 valence electrons. The fourth-order valence-corrected chi connectivity index (χ4v) is 1.95. The number of methoxy groups -OCH3 is 2. The van der Waals surface area contributed by atoms with Gasteiger partial charge >= 0.3 is 0 Å². The molecule has 1 aromatic carbocycles. The number of likely N-dealkylation sites (N-methyl/N-ethyl adjacent to an activating group) is 1. The maximum atomic E-state index is 12.0. The lowest BCUT2D eigenvalue weighted by atomic mass is 10.2. The SMILES string of the molecule is COc1ccc(N2CC(=O)N(C)CC2=O)cc1OC. The molecule has 6 heteroatoms. The van der Waals surface area contributed by atoms with Crippen molar-refractivity contribution in [2.24, 2.45) is 0 Å². The summed E-state index contributed by atoms with van der Waals surface area (Å²) < 4.78 is 10.3. The fraction of sp³-hybridized carbons (Fsp3) is 0.385. The number of carbonyl (C=O) groups excluding carboxylic acids is 2. The number of benzene rings is 1. The van der Waals surface area contributed by atoms with Crippen molar-refractivity contribution in [3.63, 3.8) is 0 Å². The Hall–Kier alpha value is -2.24. The van der Waals surface area contributed by atoms with Gasteiger partial charge in [-0.05, 0) is 12.1 Å². The average Bonchev–Trinajstić information content (AvgIpc) is 2.42. The summed E-state index contributed by atoms with van der Waals surface area (Å²) in [6.45, 7) is 0.137. The molecule has 2 rings (SSSR count). The Bertz CT molecular complexity index is 515. The zero-order chi connectivity index (χ0) is 14.0. The van der Waals surface area contributed by atoms with E-state index in [1.54, 1.807) is 32.4 Å². The van der Waals surface area contributed by atoms with Crippen LogP contribution < -0.4 is 14.4 Å². The first-order valence-corrected chi connectivity index (χ1v) is 5.83. The summed E-state index contributed by atoms with van der Waals surface area (Å²) in [5, 5.41) is 0. The second-order valence-electron chi connectivity index (χ2n) is 4.27. The Balaban J connectivity index is 2.31. The fourth-order valence-electron chi connectivity index (χ4n) is 1.95. The molecule has 1 saturated heterocycles. The Morgan fingerprint density at radius 2 is 1.68 bits per heavy atom. The van der Waals surface area contributed by atoms with Crippen LogP contribution in [0.1, 0.15) is 0 Å². The highest BCUT2D eigenvalue weighted by atomic mass is 16.5. The summed E-state index contributed by atoms with van der Waals surface area (Å²) in [5.41, 5.74) is 0.629. The van der Waals surface area contributed by atoms with Gasteiger partial charge in [-0.1, -0.05) is 0 Å². The van der Waals surface area contributed by atoms with Crippen molar-refractivity contribution in [3.05, 3.63) is 18.2 Å². The van der Waals surface area contributed by atoms with E-state index in [2.05, 4.69) is 0 Å². The maximum absolute atomic E-state index is 12.0. The number of piperazine rings is 1. The van der Waals surface area contributed by atoms with Crippen LogP contribution in [0.3, 0.4) is 0 Å². The second kappa shape index (κ2) is 5.17. The lowest BCUT2D eigenvalue weighted by molar-refractivity contribution is -0.136. The summed E-state index contributed by atoms with van der Waals surface area (Å²) in [7, 11) is 4.69. The van der Waals surface area contributed by atoms with E-state index in [-0.39, 0.29) is 24.9 Å². The minimum absolute atomic E-state index is 0.0464. The number of carbonyl (C=O) groups is 2. The minimum atomic E-state index is -0.116. The molecule has 0 radical (unpaired) electrons. The van der Waals surface area contributed by atoms with Crippen LogP contribution in [0.4, 0.5) is 5.69 Å². The van der Waals surface area contributed by atoms with Gasteiger partial charge in [-0.25, -0.2) is 0 Å². The monoisotopic (exact) mass is 264 g/mol. The highest BCUT2D eigenvalue weighted by Crippen LogP contribution is 2.32. The van der Waals surface area contributed by atoms with Crippen LogP contribution in [0.2, 0.25) is 0 Å². The second-order valence-corrected chi connectivity index (χ2v) is 4.27. The number of rotatable bonds is 3. The zero-order valence-electron chi connectivity index (χ0n) is 11.2. The first-order chi connectivity index (χ1) is 9.06. The third kappa shape index (κ3) is 2.47. The number of nitrogens with zero attached hydrogens (tertiary/aromatic N) is 2. The van der Waals surface area contributed by atoms with Gasteiger partial charge in [0.1, 0.15) is 6.54 Å². The Kier molecular flexibility index (Phi) is 3.59. The van der Waals surface area contributed by atoms with Crippen molar-refractivity contribution in [2.75, 3.05) is 39.3 Å². The van der Waals surface area contributed by atoms with Gasteiger partial charge in [0.25, 0.3) is 0 Å². The molecule has 6 nitrogen and oxygen atoms in total. The topological polar surface area (TPSA) is 59.1 Å². The summed E-state index contributed by atoms with van der Waals surface area (Å²) in [5.74, 6) is 0.905. The standard InChI is InChI=1S/C13H16N2O4/c1-14-7-13(17)15(8-12(14)16)9-4-5-10(18-2)11(6-9)19-3/h4-6H,7-8H2,1-3H3. The van der Waals surface area contributed by atoms with Gasteiger partial charge in [-0.15, -0.1) is 0 Å². The Morgan fingerprint density at radius 3 is 2.32 bits per heavy atom. The van der Waals surface area contributed by atoms with E-state index in [9.17, 15) is 9.59 Å². The van der Waals surface area contributed by atoms with Crippen molar-refractivity contribution in [3.8, 4) is 11.5 Å². The molecule has 0 N–H and O–H groups in total. The molecular formula is C13H16N2O4. The number of hydrogen-bond acceptors (Lipinski definition) is 4. The van der Waals surface area contributed by atoms with Gasteiger partial charge in [0, 0.05) is 18.8 Å². The van der Waals surface area contributed by atoms with Crippen molar-refractivity contribution >= 4 is 17.5 Å². The molecule has 1 heterocycles. The summed E-state index contributed by atoms with van der Waals surface area (Å²) in [4.78, 5) is 26.5. The molecule has 0 aliphatic carbocycles. The minimum Gasteiger partial charge on any atom is -0.493 e. The number of ether oxygens (including phenoxy) is 2. The van der Waals surface area contributed by atoms with Crippen LogP contribution in [0.15, 0.2) is 18.2 Å². The van der Waals surface area contributed by atoms with Crippen LogP contribution >= 0.6 is 0 Å². The lowest BCUT2D eigenvalue weighted by Crippen LogP contribution is -2.52. The van der Waals surface area contributed by atoms with Gasteiger partial charge in [-0.3, -0.25) is 9.59 Å². The molecule has 0 bridgehead atoms. The van der Waals surface area contributed by atoms with Crippen LogP contribution in [0.25, 0.3) is 0 Å². The molecule has 0 unspecified atom stereocenters. The molecule has 0 spiro atoms. The van der Waals surface area contributed by atoms with Crippen molar-refractivity contribution in [1.82, 2.24) is 4.90 Å². The number of amides is 2. The van der Waals surface area contributed by atoms with Crippen LogP contribution in [0.5, 0.6) is 11.5 Å². The normalized spacial score (nSPS) is 15.7. The Morgan fingerprint density at radius 1 is 1.00 bits per heavy atom. The largest absolute Gasteiger partial charge is 0.493 e. The first-order valence-electron chi connectivity index (χ1n) is 5.83. The van der Waals surface area contributed by atoms with E-state index in [1.807, 2.05) is 0 Å². The number of hydrogen-bond donors (Lipinski definition) is 0. The summed E-state index contributed by atoms with van der Waals surface area (Å²) in [6, 6.07) is 5.14. The van der Waals surface area contributed by atoms with Gasteiger partial charge in [0.05, 0.1) is 20.8 Å². The first kappa shape index (κ1) is 13.2. The maximum Gasteiger partial charge on any atom is 0.247 e. The third-order valence-corrected chi connectivity index (χ3v) is 3.07. The van der Waals surface area contributed by atoms with E-state index < -0.39 is 0 Å². The molecule has 0 aromatic heterocycles.